The zero-order chi connectivity index (χ0) is 14.8. The number of ether oxygens (including phenoxy) is 1. The molecule has 0 aromatic heterocycles. The maximum absolute atomic E-state index is 5.80. The number of hydrogen-bond donors (Lipinski definition) is 2. The molecule has 0 heterocycles. The Morgan fingerprint density at radius 2 is 2.14 bits per heavy atom. The molecule has 0 spiro atoms. The Hall–Kier alpha value is -1.36. The number of rotatable bonds is 5. The van der Waals surface area contributed by atoms with Crippen molar-refractivity contribution in [1.29, 1.82) is 0 Å². The summed E-state index contributed by atoms with van der Waals surface area (Å²) in [4.78, 5) is 0. The van der Waals surface area contributed by atoms with Gasteiger partial charge in [0.1, 0.15) is 5.75 Å². The Labute approximate surface area is 133 Å². The highest BCUT2D eigenvalue weighted by Gasteiger charge is 2.32. The molecule has 0 saturated carbocycles. The summed E-state index contributed by atoms with van der Waals surface area (Å²) in [5.74, 6) is 7.14. The van der Waals surface area contributed by atoms with Gasteiger partial charge in [-0.15, -0.1) is 0 Å². The molecule has 1 aliphatic rings. The van der Waals surface area contributed by atoms with E-state index in [-0.39, 0.29) is 6.04 Å². The standard InChI is InChI=1S/C17H19BrN2O/c1-21-17-7-6-11(8-15(17)18)9-16(20-19)14-10-12-4-2-3-5-13(12)14/h2-8,14,16,20H,9-10,19H2,1H3. The van der Waals surface area contributed by atoms with Crippen LogP contribution in [0, 0.1) is 0 Å². The number of nitrogens with one attached hydrogen (secondary N) is 1. The lowest BCUT2D eigenvalue weighted by atomic mass is 9.72. The monoisotopic (exact) mass is 346 g/mol. The fraction of sp³-hybridized carbons (Fsp3) is 0.294. The fourth-order valence-electron chi connectivity index (χ4n) is 3.06. The van der Waals surface area contributed by atoms with Crippen LogP contribution in [0.4, 0.5) is 0 Å². The summed E-state index contributed by atoms with van der Waals surface area (Å²) in [7, 11) is 1.68. The largest absolute Gasteiger partial charge is 0.496 e. The van der Waals surface area contributed by atoms with Gasteiger partial charge in [0.15, 0.2) is 0 Å². The highest BCUT2D eigenvalue weighted by Crippen LogP contribution is 2.38. The van der Waals surface area contributed by atoms with Crippen molar-refractivity contribution in [3.63, 3.8) is 0 Å². The maximum atomic E-state index is 5.80. The Kier molecular flexibility index (Phi) is 4.29. The minimum atomic E-state index is 0.250. The van der Waals surface area contributed by atoms with Crippen molar-refractivity contribution in [2.24, 2.45) is 5.84 Å². The van der Waals surface area contributed by atoms with Crippen molar-refractivity contribution in [1.82, 2.24) is 5.43 Å². The van der Waals surface area contributed by atoms with Gasteiger partial charge in [0.25, 0.3) is 0 Å². The first-order valence-electron chi connectivity index (χ1n) is 7.09. The van der Waals surface area contributed by atoms with Crippen LogP contribution in [0.5, 0.6) is 5.75 Å². The number of halogens is 1. The number of fused-ring (bicyclic) bond motifs is 1. The zero-order valence-corrected chi connectivity index (χ0v) is 13.6. The number of hydrogen-bond acceptors (Lipinski definition) is 3. The average Bonchev–Trinajstić information content (AvgIpc) is 2.47. The molecule has 1 aliphatic carbocycles. The number of methoxy groups -OCH3 is 1. The summed E-state index contributed by atoms with van der Waals surface area (Å²) in [6.07, 6.45) is 2.00. The first-order chi connectivity index (χ1) is 10.2. The summed E-state index contributed by atoms with van der Waals surface area (Å²) in [5, 5.41) is 0. The van der Waals surface area contributed by atoms with Crippen LogP contribution in [0.1, 0.15) is 22.6 Å². The Morgan fingerprint density at radius 1 is 1.33 bits per heavy atom. The summed E-state index contributed by atoms with van der Waals surface area (Å²) in [6.45, 7) is 0. The summed E-state index contributed by atoms with van der Waals surface area (Å²) >= 11 is 3.54. The molecule has 0 aliphatic heterocycles. The highest BCUT2D eigenvalue weighted by atomic mass is 79.9. The Bertz CT molecular complexity index is 644. The van der Waals surface area contributed by atoms with E-state index in [0.29, 0.717) is 5.92 Å². The molecule has 3 N–H and O–H groups in total. The molecule has 2 aromatic carbocycles. The lowest BCUT2D eigenvalue weighted by molar-refractivity contribution is 0.401. The molecule has 21 heavy (non-hydrogen) atoms. The SMILES string of the molecule is COc1ccc(CC(NN)C2Cc3ccccc32)cc1Br. The van der Waals surface area contributed by atoms with Crippen LogP contribution in [0.2, 0.25) is 0 Å². The minimum absolute atomic E-state index is 0.250. The molecule has 2 aromatic rings. The van der Waals surface area contributed by atoms with Crippen molar-refractivity contribution in [2.75, 3.05) is 7.11 Å². The second-order valence-electron chi connectivity index (χ2n) is 5.46. The molecule has 0 saturated heterocycles. The first-order valence-corrected chi connectivity index (χ1v) is 7.88. The van der Waals surface area contributed by atoms with E-state index in [2.05, 4.69) is 57.8 Å². The van der Waals surface area contributed by atoms with Crippen LogP contribution < -0.4 is 16.0 Å². The number of nitrogens with two attached hydrogens (primary N) is 1. The normalized spacial score (nSPS) is 17.8. The lowest BCUT2D eigenvalue weighted by Crippen LogP contribution is -2.45. The third kappa shape index (κ3) is 2.84. The van der Waals surface area contributed by atoms with E-state index >= 15 is 0 Å². The maximum Gasteiger partial charge on any atom is 0.133 e. The van der Waals surface area contributed by atoms with Gasteiger partial charge in [0.05, 0.1) is 11.6 Å². The topological polar surface area (TPSA) is 47.3 Å². The van der Waals surface area contributed by atoms with E-state index in [1.165, 1.54) is 16.7 Å². The third-order valence-electron chi connectivity index (χ3n) is 4.27. The van der Waals surface area contributed by atoms with E-state index < -0.39 is 0 Å². The minimum Gasteiger partial charge on any atom is -0.496 e. The second-order valence-corrected chi connectivity index (χ2v) is 6.31. The van der Waals surface area contributed by atoms with Gasteiger partial charge in [0.2, 0.25) is 0 Å². The second kappa shape index (κ2) is 6.18. The van der Waals surface area contributed by atoms with E-state index in [4.69, 9.17) is 10.6 Å². The molecule has 3 rings (SSSR count). The van der Waals surface area contributed by atoms with Crippen LogP contribution in [-0.4, -0.2) is 13.2 Å². The summed E-state index contributed by atoms with van der Waals surface area (Å²) in [6, 6.07) is 15.0. The molecular formula is C17H19BrN2O. The van der Waals surface area contributed by atoms with E-state index in [0.717, 1.165) is 23.1 Å². The number of benzene rings is 2. The van der Waals surface area contributed by atoms with Crippen LogP contribution in [0.25, 0.3) is 0 Å². The molecule has 0 fully saturated rings. The molecule has 3 nitrogen and oxygen atoms in total. The van der Waals surface area contributed by atoms with Crippen LogP contribution in [0.3, 0.4) is 0 Å². The molecule has 0 amide bonds. The quantitative estimate of drug-likeness (QED) is 0.645. The van der Waals surface area contributed by atoms with Gasteiger partial charge >= 0.3 is 0 Å². The zero-order valence-electron chi connectivity index (χ0n) is 12.0. The lowest BCUT2D eigenvalue weighted by Gasteiger charge is -2.36. The van der Waals surface area contributed by atoms with Crippen molar-refractivity contribution in [3.8, 4) is 5.75 Å². The fourth-order valence-corrected chi connectivity index (χ4v) is 3.65. The van der Waals surface area contributed by atoms with Gasteiger partial charge in [-0.05, 0) is 57.6 Å². The van der Waals surface area contributed by atoms with E-state index in [1.54, 1.807) is 7.11 Å². The number of hydrazine groups is 1. The first kappa shape index (κ1) is 14.6. The van der Waals surface area contributed by atoms with Crippen LogP contribution in [0.15, 0.2) is 46.9 Å². The van der Waals surface area contributed by atoms with Gasteiger partial charge < -0.3 is 4.74 Å². The van der Waals surface area contributed by atoms with Gasteiger partial charge in [-0.1, -0.05) is 30.3 Å². The summed E-state index contributed by atoms with van der Waals surface area (Å²) in [5.41, 5.74) is 7.11. The van der Waals surface area contributed by atoms with E-state index in [1.807, 2.05) is 6.07 Å². The highest BCUT2D eigenvalue weighted by molar-refractivity contribution is 9.10. The predicted octanol–water partition coefficient (Wildman–Crippen LogP) is 3.17. The Balaban J connectivity index is 1.76. The van der Waals surface area contributed by atoms with Gasteiger partial charge in [0, 0.05) is 12.0 Å². The van der Waals surface area contributed by atoms with Gasteiger partial charge in [-0.2, -0.15) is 0 Å². The average molecular weight is 347 g/mol. The van der Waals surface area contributed by atoms with Crippen molar-refractivity contribution < 1.29 is 4.74 Å². The van der Waals surface area contributed by atoms with Crippen LogP contribution >= 0.6 is 15.9 Å². The Morgan fingerprint density at radius 3 is 2.81 bits per heavy atom. The molecule has 2 atom stereocenters. The van der Waals surface area contributed by atoms with Crippen LogP contribution in [-0.2, 0) is 12.8 Å². The van der Waals surface area contributed by atoms with Crippen molar-refractivity contribution in [3.05, 3.63) is 63.6 Å². The molecule has 0 radical (unpaired) electrons. The van der Waals surface area contributed by atoms with Crippen molar-refractivity contribution in [2.45, 2.75) is 24.8 Å². The van der Waals surface area contributed by atoms with Gasteiger partial charge in [-0.25, -0.2) is 0 Å². The van der Waals surface area contributed by atoms with Gasteiger partial charge in [-0.3, -0.25) is 11.3 Å². The smallest absolute Gasteiger partial charge is 0.133 e. The van der Waals surface area contributed by atoms with E-state index in [9.17, 15) is 0 Å². The molecule has 4 heteroatoms. The molecular weight excluding hydrogens is 328 g/mol. The van der Waals surface area contributed by atoms with Crippen molar-refractivity contribution >= 4 is 15.9 Å². The predicted molar refractivity (Wildman–Crippen MR) is 88.4 cm³/mol. The third-order valence-corrected chi connectivity index (χ3v) is 4.89. The summed E-state index contributed by atoms with van der Waals surface area (Å²) < 4.78 is 6.25. The molecule has 0 bridgehead atoms. The molecule has 2 unspecified atom stereocenters. The molecule has 110 valence electrons.